The van der Waals surface area contributed by atoms with Crippen molar-refractivity contribution in [3.8, 4) is 5.75 Å². The minimum absolute atomic E-state index is 0.105. The number of urea groups is 1. The maximum Gasteiger partial charge on any atom is 0.325 e. The van der Waals surface area contributed by atoms with Gasteiger partial charge in [0.05, 0.1) is 7.11 Å². The predicted octanol–water partition coefficient (Wildman–Crippen LogP) is 3.05. The number of hydrogen-bond acceptors (Lipinski definition) is 5. The molecule has 1 aromatic carbocycles. The Balaban J connectivity index is 1.79. The highest BCUT2D eigenvalue weighted by molar-refractivity contribution is 7.09. The van der Waals surface area contributed by atoms with Crippen LogP contribution in [0.5, 0.6) is 5.75 Å². The van der Waals surface area contributed by atoms with E-state index in [-0.39, 0.29) is 18.5 Å². The normalized spacial score (nSPS) is 16.3. The first-order chi connectivity index (χ1) is 14.2. The van der Waals surface area contributed by atoms with Gasteiger partial charge < -0.3 is 15.0 Å². The van der Waals surface area contributed by atoms with Crippen LogP contribution in [0, 0.1) is 0 Å². The summed E-state index contributed by atoms with van der Waals surface area (Å²) in [5.74, 6) is 0.0806. The van der Waals surface area contributed by atoms with E-state index in [1.165, 1.54) is 4.88 Å². The molecule has 30 heavy (non-hydrogen) atoms. The predicted molar refractivity (Wildman–Crippen MR) is 115 cm³/mol. The number of thiophene rings is 1. The summed E-state index contributed by atoms with van der Waals surface area (Å²) in [5, 5.41) is 4.63. The molecule has 1 N–H and O–H groups in total. The Morgan fingerprint density at radius 1 is 1.23 bits per heavy atom. The molecule has 3 rings (SSSR count). The summed E-state index contributed by atoms with van der Waals surface area (Å²) >= 11 is 1.64. The van der Waals surface area contributed by atoms with Crippen LogP contribution in [0.25, 0.3) is 0 Å². The molecule has 0 aliphatic carbocycles. The van der Waals surface area contributed by atoms with Crippen molar-refractivity contribution < 1.29 is 19.1 Å². The molecule has 1 saturated heterocycles. The molecule has 0 spiro atoms. The maximum absolute atomic E-state index is 13.2. The Bertz CT molecular complexity index is 909. The number of carbonyl (C=O) groups is 3. The first-order valence-electron chi connectivity index (χ1n) is 9.80. The number of imide groups is 1. The van der Waals surface area contributed by atoms with Crippen molar-refractivity contribution in [1.29, 1.82) is 0 Å². The van der Waals surface area contributed by atoms with Crippen molar-refractivity contribution in [1.82, 2.24) is 15.1 Å². The minimum atomic E-state index is -0.999. The van der Waals surface area contributed by atoms with Gasteiger partial charge in [-0.25, -0.2) is 4.79 Å². The van der Waals surface area contributed by atoms with Crippen molar-refractivity contribution in [3.63, 3.8) is 0 Å². The fourth-order valence-corrected chi connectivity index (χ4v) is 4.26. The van der Waals surface area contributed by atoms with Gasteiger partial charge in [0, 0.05) is 23.9 Å². The highest BCUT2D eigenvalue weighted by atomic mass is 32.1. The summed E-state index contributed by atoms with van der Waals surface area (Å²) in [6, 6.07) is 10.9. The number of amides is 4. The Morgan fingerprint density at radius 2 is 1.93 bits per heavy atom. The van der Waals surface area contributed by atoms with Gasteiger partial charge >= 0.3 is 6.03 Å². The highest BCUT2D eigenvalue weighted by Crippen LogP contribution is 2.21. The number of carbonyl (C=O) groups excluding carboxylic acids is 3. The van der Waals surface area contributed by atoms with Gasteiger partial charge in [0.25, 0.3) is 5.91 Å². The second-order valence-corrected chi connectivity index (χ2v) is 8.98. The third kappa shape index (κ3) is 4.81. The monoisotopic (exact) mass is 429 g/mol. The average Bonchev–Trinajstić information content (AvgIpc) is 3.28. The molecule has 1 atom stereocenters. The van der Waals surface area contributed by atoms with Gasteiger partial charge in [-0.1, -0.05) is 18.2 Å². The third-order valence-electron chi connectivity index (χ3n) is 5.18. The summed E-state index contributed by atoms with van der Waals surface area (Å²) in [7, 11) is 1.60. The van der Waals surface area contributed by atoms with Crippen LogP contribution in [-0.4, -0.2) is 52.9 Å². The van der Waals surface area contributed by atoms with Gasteiger partial charge in [-0.3, -0.25) is 14.5 Å². The van der Waals surface area contributed by atoms with Crippen LogP contribution < -0.4 is 10.1 Å². The van der Waals surface area contributed by atoms with E-state index in [2.05, 4.69) is 5.32 Å². The van der Waals surface area contributed by atoms with Crippen LogP contribution in [0.3, 0.4) is 0 Å². The first-order valence-corrected chi connectivity index (χ1v) is 10.7. The fraction of sp³-hybridized carbons (Fsp3) is 0.409. The summed E-state index contributed by atoms with van der Waals surface area (Å²) in [5.41, 5.74) is -0.0551. The molecule has 1 fully saturated rings. The average molecular weight is 430 g/mol. The van der Waals surface area contributed by atoms with Gasteiger partial charge in [0.1, 0.15) is 17.8 Å². The van der Waals surface area contributed by atoms with Gasteiger partial charge in [-0.2, -0.15) is 0 Å². The molecule has 2 aromatic rings. The van der Waals surface area contributed by atoms with E-state index in [1.54, 1.807) is 37.2 Å². The minimum Gasteiger partial charge on any atom is -0.497 e. The maximum atomic E-state index is 13.2. The topological polar surface area (TPSA) is 79.0 Å². The third-order valence-corrected chi connectivity index (χ3v) is 6.08. The molecule has 1 aliphatic rings. The van der Waals surface area contributed by atoms with Crippen LogP contribution in [0.2, 0.25) is 0 Å². The summed E-state index contributed by atoms with van der Waals surface area (Å²) < 4.78 is 5.20. The van der Waals surface area contributed by atoms with Crippen LogP contribution in [0.4, 0.5) is 4.79 Å². The van der Waals surface area contributed by atoms with Crippen molar-refractivity contribution in [2.24, 2.45) is 0 Å². The van der Waals surface area contributed by atoms with Gasteiger partial charge in [-0.05, 0) is 49.9 Å². The zero-order valence-corrected chi connectivity index (χ0v) is 18.5. The molecule has 1 aromatic heterocycles. The lowest BCUT2D eigenvalue weighted by Gasteiger charge is -2.30. The second kappa shape index (κ2) is 8.87. The van der Waals surface area contributed by atoms with Gasteiger partial charge in [0.2, 0.25) is 5.91 Å². The number of nitrogens with one attached hydrogen (secondary N) is 1. The molecular weight excluding hydrogens is 402 g/mol. The lowest BCUT2D eigenvalue weighted by molar-refractivity contribution is -0.140. The van der Waals surface area contributed by atoms with E-state index < -0.39 is 17.5 Å². The number of methoxy groups -OCH3 is 1. The fourth-order valence-electron chi connectivity index (χ4n) is 3.44. The largest absolute Gasteiger partial charge is 0.497 e. The molecule has 2 heterocycles. The van der Waals surface area contributed by atoms with Crippen molar-refractivity contribution in [2.75, 3.05) is 13.7 Å². The zero-order valence-electron chi connectivity index (χ0n) is 17.7. The van der Waals surface area contributed by atoms with Gasteiger partial charge in [-0.15, -0.1) is 11.3 Å². The molecule has 0 saturated carbocycles. The van der Waals surface area contributed by atoms with Crippen LogP contribution in [0.15, 0.2) is 41.8 Å². The molecule has 0 radical (unpaired) electrons. The Morgan fingerprint density at radius 3 is 2.47 bits per heavy atom. The van der Waals surface area contributed by atoms with E-state index >= 15 is 0 Å². The molecule has 7 nitrogen and oxygen atoms in total. The molecular formula is C22H27N3O4S. The smallest absolute Gasteiger partial charge is 0.325 e. The Labute approximate surface area is 180 Å². The molecule has 160 valence electrons. The Hall–Kier alpha value is -2.87. The zero-order chi connectivity index (χ0) is 21.9. The van der Waals surface area contributed by atoms with Crippen LogP contribution >= 0.6 is 11.3 Å². The SMILES string of the molecule is COc1ccc(CN(C(=O)CN2C(=O)NC(C)(C)C2=O)C(C)Cc2cccs2)cc1. The molecule has 4 amide bonds. The molecule has 1 unspecified atom stereocenters. The lowest BCUT2D eigenvalue weighted by atomic mass is 10.1. The van der Waals surface area contributed by atoms with E-state index in [0.717, 1.165) is 16.2 Å². The summed E-state index contributed by atoms with van der Waals surface area (Å²) in [4.78, 5) is 41.9. The summed E-state index contributed by atoms with van der Waals surface area (Å²) in [6.45, 7) is 5.34. The quantitative estimate of drug-likeness (QED) is 0.654. The number of nitrogens with zero attached hydrogens (tertiary/aromatic N) is 2. The first kappa shape index (κ1) is 21.8. The van der Waals surface area contributed by atoms with E-state index in [0.29, 0.717) is 13.0 Å². The standard InChI is InChI=1S/C22H27N3O4S/c1-15(12-18-6-5-11-30-18)24(13-16-7-9-17(29-4)10-8-16)19(26)14-25-20(27)22(2,3)23-21(25)28/h5-11,15H,12-14H2,1-4H3,(H,23,28). The van der Waals surface area contributed by atoms with Crippen molar-refractivity contribution in [2.45, 2.75) is 45.3 Å². The van der Waals surface area contributed by atoms with Crippen molar-refractivity contribution >= 4 is 29.2 Å². The van der Waals surface area contributed by atoms with E-state index in [9.17, 15) is 14.4 Å². The van der Waals surface area contributed by atoms with Crippen LogP contribution in [-0.2, 0) is 22.6 Å². The van der Waals surface area contributed by atoms with E-state index in [1.807, 2.05) is 48.7 Å². The summed E-state index contributed by atoms with van der Waals surface area (Å²) in [6.07, 6.45) is 0.700. The number of hydrogen-bond donors (Lipinski definition) is 1. The van der Waals surface area contributed by atoms with Gasteiger partial charge in [0.15, 0.2) is 0 Å². The number of rotatable bonds is 8. The van der Waals surface area contributed by atoms with Crippen molar-refractivity contribution in [3.05, 3.63) is 52.2 Å². The van der Waals surface area contributed by atoms with E-state index in [4.69, 9.17) is 4.74 Å². The molecule has 0 bridgehead atoms. The Kier molecular flexibility index (Phi) is 6.45. The molecule has 1 aliphatic heterocycles. The number of benzene rings is 1. The lowest BCUT2D eigenvalue weighted by Crippen LogP contribution is -2.47. The van der Waals surface area contributed by atoms with Crippen LogP contribution in [0.1, 0.15) is 31.2 Å². The second-order valence-electron chi connectivity index (χ2n) is 7.95. The number of ether oxygens (including phenoxy) is 1. The highest BCUT2D eigenvalue weighted by Gasteiger charge is 2.45. The molecule has 8 heteroatoms.